The van der Waals surface area contributed by atoms with E-state index in [9.17, 15) is 4.79 Å². The van der Waals surface area contributed by atoms with Crippen molar-refractivity contribution in [2.24, 2.45) is 5.92 Å². The number of hydrogen-bond donors (Lipinski definition) is 1. The van der Waals surface area contributed by atoms with E-state index in [0.29, 0.717) is 25.6 Å². The van der Waals surface area contributed by atoms with E-state index in [1.807, 2.05) is 45.0 Å². The first-order valence-electron chi connectivity index (χ1n) is 12.5. The first kappa shape index (κ1) is 24.8. The number of piperidine rings is 1. The molecule has 3 aromatic rings. The molecule has 0 radical (unpaired) electrons. The molecule has 0 bridgehead atoms. The zero-order valence-corrected chi connectivity index (χ0v) is 21.0. The maximum Gasteiger partial charge on any atom is 0.410 e. The number of aromatic nitrogens is 2. The Morgan fingerprint density at radius 3 is 2.60 bits per heavy atom. The highest BCUT2D eigenvalue weighted by molar-refractivity contribution is 5.89. The van der Waals surface area contributed by atoms with Crippen molar-refractivity contribution in [1.29, 1.82) is 0 Å². The first-order valence-corrected chi connectivity index (χ1v) is 12.5. The fraction of sp³-hybridized carbons (Fsp3) is 0.464. The molecular weight excluding hydrogens is 440 g/mol. The number of benzene rings is 2. The molecule has 1 fully saturated rings. The molecule has 2 heterocycles. The average Bonchev–Trinajstić information content (AvgIpc) is 2.85. The quantitative estimate of drug-likeness (QED) is 0.420. The SMILES string of the molecule is CC(C)(C)OC(=O)N1CCC(COc2ccc3c(NCCCc4ccccc4)ncnc3c2)CC1. The molecule has 0 unspecified atom stereocenters. The number of likely N-dealkylation sites (tertiary alicyclic amines) is 1. The van der Waals surface area contributed by atoms with E-state index >= 15 is 0 Å². The highest BCUT2D eigenvalue weighted by atomic mass is 16.6. The monoisotopic (exact) mass is 476 g/mol. The minimum absolute atomic E-state index is 0.226. The minimum Gasteiger partial charge on any atom is -0.493 e. The molecule has 1 aliphatic heterocycles. The second kappa shape index (κ2) is 11.4. The number of amides is 1. The summed E-state index contributed by atoms with van der Waals surface area (Å²) in [7, 11) is 0. The van der Waals surface area contributed by atoms with E-state index in [0.717, 1.165) is 54.7 Å². The summed E-state index contributed by atoms with van der Waals surface area (Å²) in [6.45, 7) is 8.56. The summed E-state index contributed by atoms with van der Waals surface area (Å²) in [4.78, 5) is 22.9. The van der Waals surface area contributed by atoms with Crippen LogP contribution in [-0.4, -0.2) is 52.8 Å². The van der Waals surface area contributed by atoms with Crippen LogP contribution in [0.5, 0.6) is 5.75 Å². The third kappa shape index (κ3) is 7.31. The van der Waals surface area contributed by atoms with Crippen LogP contribution < -0.4 is 10.1 Å². The van der Waals surface area contributed by atoms with Crippen LogP contribution >= 0.6 is 0 Å². The van der Waals surface area contributed by atoms with Gasteiger partial charge < -0.3 is 19.7 Å². The molecule has 0 atom stereocenters. The van der Waals surface area contributed by atoms with Crippen molar-refractivity contribution in [2.75, 3.05) is 31.6 Å². The number of fused-ring (bicyclic) bond motifs is 1. The van der Waals surface area contributed by atoms with Crippen LogP contribution in [0, 0.1) is 5.92 Å². The Labute approximate surface area is 207 Å². The van der Waals surface area contributed by atoms with Crippen LogP contribution in [0.2, 0.25) is 0 Å². The number of carbonyl (C=O) groups is 1. The summed E-state index contributed by atoms with van der Waals surface area (Å²) in [5, 5.41) is 4.44. The van der Waals surface area contributed by atoms with Gasteiger partial charge in [0.1, 0.15) is 23.5 Å². The molecule has 1 aromatic heterocycles. The zero-order valence-electron chi connectivity index (χ0n) is 21.0. The van der Waals surface area contributed by atoms with Crippen LogP contribution in [0.25, 0.3) is 10.9 Å². The number of anilines is 1. The highest BCUT2D eigenvalue weighted by Gasteiger charge is 2.27. The molecule has 0 spiro atoms. The maximum atomic E-state index is 12.3. The summed E-state index contributed by atoms with van der Waals surface area (Å²) in [6.07, 6.45) is 5.25. The topological polar surface area (TPSA) is 76.6 Å². The first-order chi connectivity index (χ1) is 16.9. The summed E-state index contributed by atoms with van der Waals surface area (Å²) in [6, 6.07) is 16.5. The minimum atomic E-state index is -0.464. The van der Waals surface area contributed by atoms with E-state index in [1.54, 1.807) is 11.2 Å². The van der Waals surface area contributed by atoms with Crippen LogP contribution in [-0.2, 0) is 11.2 Å². The number of carbonyl (C=O) groups excluding carboxylic acids is 1. The van der Waals surface area contributed by atoms with Gasteiger partial charge in [-0.1, -0.05) is 30.3 Å². The van der Waals surface area contributed by atoms with Crippen LogP contribution in [0.1, 0.15) is 45.6 Å². The molecule has 1 N–H and O–H groups in total. The molecule has 0 saturated carbocycles. The number of ether oxygens (including phenoxy) is 2. The lowest BCUT2D eigenvalue weighted by Crippen LogP contribution is -2.42. The third-order valence-electron chi connectivity index (χ3n) is 6.14. The third-order valence-corrected chi connectivity index (χ3v) is 6.14. The Morgan fingerprint density at radius 1 is 1.09 bits per heavy atom. The molecule has 4 rings (SSSR count). The van der Waals surface area contributed by atoms with Gasteiger partial charge in [-0.25, -0.2) is 14.8 Å². The van der Waals surface area contributed by atoms with E-state index in [4.69, 9.17) is 9.47 Å². The van der Waals surface area contributed by atoms with Gasteiger partial charge in [-0.15, -0.1) is 0 Å². The van der Waals surface area contributed by atoms with E-state index in [1.165, 1.54) is 5.56 Å². The van der Waals surface area contributed by atoms with E-state index < -0.39 is 5.60 Å². The number of nitrogens with zero attached hydrogens (tertiary/aromatic N) is 3. The van der Waals surface area contributed by atoms with Crippen molar-refractivity contribution < 1.29 is 14.3 Å². The molecule has 7 nitrogen and oxygen atoms in total. The second-order valence-corrected chi connectivity index (χ2v) is 10.1. The fourth-order valence-corrected chi connectivity index (χ4v) is 4.23. The van der Waals surface area contributed by atoms with E-state index in [-0.39, 0.29) is 6.09 Å². The fourth-order valence-electron chi connectivity index (χ4n) is 4.23. The Kier molecular flexibility index (Phi) is 8.06. The zero-order chi connectivity index (χ0) is 24.7. The summed E-state index contributed by atoms with van der Waals surface area (Å²) in [5.74, 6) is 2.07. The van der Waals surface area contributed by atoms with Crippen molar-refractivity contribution >= 4 is 22.8 Å². The van der Waals surface area contributed by atoms with Crippen LogP contribution in [0.4, 0.5) is 10.6 Å². The van der Waals surface area contributed by atoms with Gasteiger partial charge in [0.25, 0.3) is 0 Å². The van der Waals surface area contributed by atoms with Gasteiger partial charge in [-0.3, -0.25) is 0 Å². The van der Waals surface area contributed by atoms with Gasteiger partial charge in [-0.05, 0) is 70.1 Å². The van der Waals surface area contributed by atoms with E-state index in [2.05, 4.69) is 39.6 Å². The standard InChI is InChI=1S/C28H36N4O3/c1-28(2,3)35-27(33)32-16-13-22(14-17-32)19-34-23-11-12-24-25(18-23)30-20-31-26(24)29-15-7-10-21-8-5-4-6-9-21/h4-6,8-9,11-12,18,20,22H,7,10,13-17,19H2,1-3H3,(H,29,30,31). The predicted octanol–water partition coefficient (Wildman–Crippen LogP) is 5.70. The van der Waals surface area contributed by atoms with Gasteiger partial charge in [0.05, 0.1) is 12.1 Å². The van der Waals surface area contributed by atoms with Crippen LogP contribution in [0.3, 0.4) is 0 Å². The number of nitrogens with one attached hydrogen (secondary N) is 1. The molecule has 1 saturated heterocycles. The number of rotatable bonds is 8. The summed E-state index contributed by atoms with van der Waals surface area (Å²) < 4.78 is 11.6. The van der Waals surface area contributed by atoms with Crippen molar-refractivity contribution in [3.05, 3.63) is 60.4 Å². The Balaban J connectivity index is 1.25. The maximum absolute atomic E-state index is 12.3. The molecule has 0 aliphatic carbocycles. The number of aryl methyl sites for hydroxylation is 1. The molecule has 7 heteroatoms. The average molecular weight is 477 g/mol. The molecule has 35 heavy (non-hydrogen) atoms. The normalized spacial score (nSPS) is 14.7. The van der Waals surface area contributed by atoms with Crippen molar-refractivity contribution in [1.82, 2.24) is 14.9 Å². The van der Waals surface area contributed by atoms with Gasteiger partial charge in [0.2, 0.25) is 0 Å². The van der Waals surface area contributed by atoms with Crippen LogP contribution in [0.15, 0.2) is 54.9 Å². The smallest absolute Gasteiger partial charge is 0.410 e. The summed E-state index contributed by atoms with van der Waals surface area (Å²) in [5.41, 5.74) is 1.75. The number of hydrogen-bond acceptors (Lipinski definition) is 6. The molecular formula is C28H36N4O3. The molecule has 1 aliphatic rings. The Morgan fingerprint density at radius 2 is 1.86 bits per heavy atom. The lowest BCUT2D eigenvalue weighted by molar-refractivity contribution is 0.0165. The second-order valence-electron chi connectivity index (χ2n) is 10.1. The highest BCUT2D eigenvalue weighted by Crippen LogP contribution is 2.26. The lowest BCUT2D eigenvalue weighted by Gasteiger charge is -2.33. The summed E-state index contributed by atoms with van der Waals surface area (Å²) >= 11 is 0. The Hall–Kier alpha value is -3.35. The molecule has 1 amide bonds. The van der Waals surface area contributed by atoms with Crippen molar-refractivity contribution in [3.8, 4) is 5.75 Å². The van der Waals surface area contributed by atoms with Gasteiger partial charge in [-0.2, -0.15) is 0 Å². The van der Waals surface area contributed by atoms with Crippen molar-refractivity contribution in [3.63, 3.8) is 0 Å². The van der Waals surface area contributed by atoms with Crippen molar-refractivity contribution in [2.45, 2.75) is 52.1 Å². The van der Waals surface area contributed by atoms with Gasteiger partial charge >= 0.3 is 6.09 Å². The van der Waals surface area contributed by atoms with Gasteiger partial charge in [0, 0.05) is 31.1 Å². The predicted molar refractivity (Wildman–Crippen MR) is 139 cm³/mol. The van der Waals surface area contributed by atoms with Gasteiger partial charge in [0.15, 0.2) is 0 Å². The largest absolute Gasteiger partial charge is 0.493 e. The Bertz CT molecular complexity index is 1110. The molecule has 2 aromatic carbocycles. The lowest BCUT2D eigenvalue weighted by atomic mass is 9.98. The molecule has 186 valence electrons.